The molecule has 252 valence electrons. The highest BCUT2D eigenvalue weighted by atomic mass is 16.5. The van der Waals surface area contributed by atoms with Crippen LogP contribution in [0.15, 0.2) is 107 Å². The van der Waals surface area contributed by atoms with Gasteiger partial charge in [0.05, 0.1) is 13.2 Å². The average Bonchev–Trinajstić information content (AvgIpc) is 3.15. The van der Waals surface area contributed by atoms with Gasteiger partial charge in [0.1, 0.15) is 24.6 Å². The Hall–Kier alpha value is -5.94. The van der Waals surface area contributed by atoms with Crippen LogP contribution in [0.2, 0.25) is 0 Å². The number of unbranched alkanes of at least 4 members (excludes halogenated alkanes) is 2. The molecular formula is C38H38N4O7. The number of hydrogen-bond acceptors (Lipinski definition) is 9. The maximum atomic E-state index is 12.4. The van der Waals surface area contributed by atoms with Crippen molar-refractivity contribution in [2.24, 2.45) is 9.98 Å². The van der Waals surface area contributed by atoms with Gasteiger partial charge in [0.25, 0.3) is 11.8 Å². The first-order chi connectivity index (χ1) is 23.9. The number of amides is 2. The van der Waals surface area contributed by atoms with Crippen molar-refractivity contribution in [3.8, 4) is 11.5 Å². The number of ketones is 2. The quantitative estimate of drug-likeness (QED) is 0.0424. The molecule has 49 heavy (non-hydrogen) atoms. The van der Waals surface area contributed by atoms with Crippen LogP contribution >= 0.6 is 0 Å². The van der Waals surface area contributed by atoms with Crippen LogP contribution in [0.5, 0.6) is 11.5 Å². The number of nitrogens with zero attached hydrogens (tertiary/aromatic N) is 2. The van der Waals surface area contributed by atoms with Crippen LogP contribution in [0.1, 0.15) is 71.8 Å². The van der Waals surface area contributed by atoms with E-state index in [1.54, 1.807) is 49.2 Å². The van der Waals surface area contributed by atoms with Gasteiger partial charge in [0.15, 0.2) is 11.6 Å². The van der Waals surface area contributed by atoms with Gasteiger partial charge < -0.3 is 14.8 Å². The molecule has 0 spiro atoms. The van der Waals surface area contributed by atoms with E-state index in [2.05, 4.69) is 15.3 Å². The Morgan fingerprint density at radius 3 is 1.35 bits per heavy atom. The van der Waals surface area contributed by atoms with Crippen molar-refractivity contribution in [2.75, 3.05) is 33.4 Å². The van der Waals surface area contributed by atoms with Crippen LogP contribution in [0.25, 0.3) is 0 Å². The highest BCUT2D eigenvalue weighted by Gasteiger charge is 2.09. The first kappa shape index (κ1) is 35.9. The van der Waals surface area contributed by atoms with E-state index < -0.39 is 5.91 Å². The molecular weight excluding hydrogens is 624 g/mol. The summed E-state index contributed by atoms with van der Waals surface area (Å²) >= 11 is 0. The van der Waals surface area contributed by atoms with Crippen molar-refractivity contribution in [3.05, 3.63) is 130 Å². The number of aliphatic imine (C=N–C) groups is 2. The van der Waals surface area contributed by atoms with Crippen LogP contribution in [-0.2, 0) is 0 Å². The van der Waals surface area contributed by atoms with Gasteiger partial charge in [-0.05, 0) is 103 Å². The third kappa shape index (κ3) is 11.7. The van der Waals surface area contributed by atoms with E-state index in [1.165, 1.54) is 24.3 Å². The summed E-state index contributed by atoms with van der Waals surface area (Å²) in [5, 5.41) is 11.2. The summed E-state index contributed by atoms with van der Waals surface area (Å²) in [5.41, 5.74) is 4.92. The molecule has 0 radical (unpaired) electrons. The molecule has 3 N–H and O–H groups in total. The lowest BCUT2D eigenvalue weighted by atomic mass is 10.1. The lowest BCUT2D eigenvalue weighted by molar-refractivity contribution is 0.0706. The molecule has 4 aromatic carbocycles. The molecule has 0 saturated carbocycles. The molecule has 0 aliphatic rings. The Kier molecular flexibility index (Phi) is 13.9. The monoisotopic (exact) mass is 662 g/mol. The third-order valence-corrected chi connectivity index (χ3v) is 7.30. The molecule has 11 nitrogen and oxygen atoms in total. The lowest BCUT2D eigenvalue weighted by Crippen LogP contribution is -2.18. The second-order valence-corrected chi connectivity index (χ2v) is 10.9. The summed E-state index contributed by atoms with van der Waals surface area (Å²) in [6.07, 6.45) is 5.99. The van der Waals surface area contributed by atoms with Crippen molar-refractivity contribution < 1.29 is 33.9 Å². The molecule has 11 heteroatoms. The summed E-state index contributed by atoms with van der Waals surface area (Å²) in [6, 6.07) is 27.4. The number of carbonyl (C=O) groups is 4. The number of ether oxygens (including phenoxy) is 2. The minimum Gasteiger partial charge on any atom is -0.494 e. The van der Waals surface area contributed by atoms with Gasteiger partial charge in [-0.15, -0.1) is 0 Å². The molecule has 0 bridgehead atoms. The number of hydrogen-bond donors (Lipinski definition) is 3. The minimum absolute atomic E-state index is 0.0146. The van der Waals surface area contributed by atoms with Crippen molar-refractivity contribution in [1.82, 2.24) is 10.8 Å². The van der Waals surface area contributed by atoms with Crippen LogP contribution in [0, 0.1) is 0 Å². The summed E-state index contributed by atoms with van der Waals surface area (Å²) < 4.78 is 11.7. The zero-order chi connectivity index (χ0) is 34.8. The highest BCUT2D eigenvalue weighted by Crippen LogP contribution is 2.14. The van der Waals surface area contributed by atoms with Gasteiger partial charge in [-0.1, -0.05) is 24.3 Å². The van der Waals surface area contributed by atoms with Crippen molar-refractivity contribution in [1.29, 1.82) is 0 Å². The summed E-state index contributed by atoms with van der Waals surface area (Å²) in [6.45, 7) is 1.15. The largest absolute Gasteiger partial charge is 0.494 e. The predicted octanol–water partition coefficient (Wildman–Crippen LogP) is 5.40. The highest BCUT2D eigenvalue weighted by molar-refractivity contribution is 6.01. The van der Waals surface area contributed by atoms with Gasteiger partial charge >= 0.3 is 0 Å². The fourth-order valence-electron chi connectivity index (χ4n) is 4.54. The van der Waals surface area contributed by atoms with E-state index in [1.807, 2.05) is 48.5 Å². The molecule has 4 rings (SSSR count). The molecule has 0 aromatic heterocycles. The van der Waals surface area contributed by atoms with Crippen LogP contribution in [-0.4, -0.2) is 74.4 Å². The van der Waals surface area contributed by atoms with Crippen LogP contribution < -0.4 is 20.3 Å². The summed E-state index contributed by atoms with van der Waals surface area (Å²) in [5.74, 6) is 0.353. The van der Waals surface area contributed by atoms with Gasteiger partial charge in [-0.3, -0.25) is 34.4 Å². The van der Waals surface area contributed by atoms with Gasteiger partial charge in [0.2, 0.25) is 0 Å². The van der Waals surface area contributed by atoms with Gasteiger partial charge in [0, 0.05) is 41.7 Å². The van der Waals surface area contributed by atoms with E-state index in [-0.39, 0.29) is 36.1 Å². The van der Waals surface area contributed by atoms with Crippen molar-refractivity contribution >= 4 is 35.8 Å². The summed E-state index contributed by atoms with van der Waals surface area (Å²) in [4.78, 5) is 56.2. The Morgan fingerprint density at radius 2 is 0.959 bits per heavy atom. The van der Waals surface area contributed by atoms with Gasteiger partial charge in [-0.2, -0.15) is 0 Å². The summed E-state index contributed by atoms with van der Waals surface area (Å²) in [7, 11) is 1.56. The van der Waals surface area contributed by atoms with Crippen molar-refractivity contribution in [3.63, 3.8) is 0 Å². The number of carbonyl (C=O) groups excluding carboxylic acids is 4. The maximum Gasteiger partial charge on any atom is 0.274 e. The number of nitrogens with one attached hydrogen (secondary N) is 2. The van der Waals surface area contributed by atoms with Gasteiger partial charge in [-0.25, -0.2) is 5.48 Å². The second-order valence-electron chi connectivity index (χ2n) is 10.9. The molecule has 0 aliphatic heterocycles. The molecule has 2 amide bonds. The average molecular weight is 663 g/mol. The smallest absolute Gasteiger partial charge is 0.274 e. The number of benzene rings is 4. The SMILES string of the molecule is CNC(=O)c1ccc(C(=O)CN=Cc2ccc(OCCCCCOc3ccc(C=NCC(=O)c4ccc(C(=O)NO)cc4)cc3)cc2)cc1. The molecule has 0 aliphatic carbocycles. The molecule has 0 unspecified atom stereocenters. The van der Waals surface area contributed by atoms with Crippen LogP contribution in [0.3, 0.4) is 0 Å². The standard InChI is InChI=1S/C38H38N4O7/c1-39-37(45)31-13-9-29(10-14-31)35(43)25-40-23-27-5-17-33(18-6-27)48-21-3-2-4-22-49-34-19-7-28(8-20-34)24-41-26-36(44)30-11-15-32(16-12-30)38(46)42-47/h5-20,23-24,47H,2-4,21-22,25-26H2,1H3,(H,39,45)(H,42,46). The van der Waals surface area contributed by atoms with E-state index in [0.717, 1.165) is 41.9 Å². The topological polar surface area (TPSA) is 156 Å². The Labute approximate surface area is 284 Å². The zero-order valence-corrected chi connectivity index (χ0v) is 27.1. The molecule has 0 atom stereocenters. The first-order valence-electron chi connectivity index (χ1n) is 15.7. The van der Waals surface area contributed by atoms with Crippen LogP contribution in [0.4, 0.5) is 0 Å². The Bertz CT molecular complexity index is 1620. The number of Topliss-reactive ketones (excluding diaryl/α,β-unsaturated/α-hetero) is 2. The zero-order valence-electron chi connectivity index (χ0n) is 27.1. The first-order valence-corrected chi connectivity index (χ1v) is 15.7. The normalized spacial score (nSPS) is 11.0. The maximum absolute atomic E-state index is 12.4. The Balaban J connectivity index is 1.06. The third-order valence-electron chi connectivity index (χ3n) is 7.30. The number of hydroxylamine groups is 1. The van der Waals surface area contributed by atoms with Crippen molar-refractivity contribution in [2.45, 2.75) is 19.3 Å². The fourth-order valence-corrected chi connectivity index (χ4v) is 4.54. The Morgan fingerprint density at radius 1 is 0.571 bits per heavy atom. The predicted molar refractivity (Wildman–Crippen MR) is 187 cm³/mol. The minimum atomic E-state index is -0.642. The lowest BCUT2D eigenvalue weighted by Gasteiger charge is -2.08. The second kappa shape index (κ2) is 19.0. The van der Waals surface area contributed by atoms with E-state index in [4.69, 9.17) is 14.7 Å². The number of rotatable bonds is 18. The molecule has 0 heterocycles. The van der Waals surface area contributed by atoms with E-state index >= 15 is 0 Å². The van der Waals surface area contributed by atoms with E-state index in [9.17, 15) is 19.2 Å². The van der Waals surface area contributed by atoms with E-state index in [0.29, 0.717) is 29.9 Å². The fraction of sp³-hybridized carbons (Fsp3) is 0.211. The molecule has 0 fully saturated rings. The molecule has 0 saturated heterocycles. The molecule has 4 aromatic rings.